The molecule has 0 spiro atoms. The number of halogens is 4. The second-order valence-corrected chi connectivity index (χ2v) is 7.96. The van der Waals surface area contributed by atoms with Gasteiger partial charge in [-0.25, -0.2) is 4.99 Å². The Kier molecular flexibility index (Phi) is 5.51. The third kappa shape index (κ3) is 3.69. The first-order valence-corrected chi connectivity index (χ1v) is 10.2. The smallest absolute Gasteiger partial charge is 0.312 e. The van der Waals surface area contributed by atoms with E-state index in [1.54, 1.807) is 36.4 Å². The number of hydrogen-bond acceptors (Lipinski definition) is 3. The summed E-state index contributed by atoms with van der Waals surface area (Å²) in [5.41, 5.74) is -3.21. The Hall–Kier alpha value is -2.87. The van der Waals surface area contributed by atoms with E-state index in [2.05, 4.69) is 4.99 Å². The van der Waals surface area contributed by atoms with Crippen molar-refractivity contribution in [2.75, 3.05) is 0 Å². The van der Waals surface area contributed by atoms with Crippen molar-refractivity contribution in [3.05, 3.63) is 70.7 Å². The molecular formula is C22H19ClF3N3O2. The predicted octanol–water partition coefficient (Wildman–Crippen LogP) is 4.56. The molecule has 1 heterocycles. The highest BCUT2D eigenvalue weighted by atomic mass is 35.5. The lowest BCUT2D eigenvalue weighted by molar-refractivity contribution is -0.196. The van der Waals surface area contributed by atoms with E-state index >= 15 is 0 Å². The van der Waals surface area contributed by atoms with Gasteiger partial charge in [0.1, 0.15) is 5.84 Å². The molecule has 0 unspecified atom stereocenters. The number of nitrogens with zero attached hydrogens (tertiary/aromatic N) is 2. The maximum absolute atomic E-state index is 14.4. The van der Waals surface area contributed by atoms with Gasteiger partial charge in [-0.2, -0.15) is 13.2 Å². The molecule has 1 atom stereocenters. The molecule has 9 heteroatoms. The summed E-state index contributed by atoms with van der Waals surface area (Å²) in [7, 11) is 0. The molecule has 1 fully saturated rings. The van der Waals surface area contributed by atoms with Crippen molar-refractivity contribution in [2.24, 2.45) is 4.99 Å². The molecule has 0 radical (unpaired) electrons. The molecular weight excluding hydrogens is 431 g/mol. The van der Waals surface area contributed by atoms with Gasteiger partial charge < -0.3 is 5.32 Å². The van der Waals surface area contributed by atoms with Gasteiger partial charge >= 0.3 is 11.8 Å². The molecule has 162 valence electrons. The third-order valence-corrected chi connectivity index (χ3v) is 5.90. The van der Waals surface area contributed by atoms with Gasteiger partial charge in [-0.05, 0) is 25.0 Å². The van der Waals surface area contributed by atoms with Crippen LogP contribution in [-0.2, 0) is 4.79 Å². The van der Waals surface area contributed by atoms with Crippen molar-refractivity contribution < 1.29 is 22.8 Å². The summed E-state index contributed by atoms with van der Waals surface area (Å²) >= 11 is 5.98. The molecule has 1 aliphatic heterocycles. The van der Waals surface area contributed by atoms with Crippen molar-refractivity contribution in [1.29, 1.82) is 0 Å². The highest BCUT2D eigenvalue weighted by molar-refractivity contribution is 6.34. The second-order valence-electron chi connectivity index (χ2n) is 7.56. The molecule has 4 rings (SSSR count). The van der Waals surface area contributed by atoms with E-state index in [-0.39, 0.29) is 16.4 Å². The van der Waals surface area contributed by atoms with Gasteiger partial charge in [0.25, 0.3) is 11.8 Å². The molecule has 2 amide bonds. The fourth-order valence-electron chi connectivity index (χ4n) is 4.04. The van der Waals surface area contributed by atoms with Crippen LogP contribution in [-0.4, -0.2) is 40.4 Å². The Balaban J connectivity index is 1.82. The van der Waals surface area contributed by atoms with Crippen LogP contribution in [0.2, 0.25) is 5.02 Å². The van der Waals surface area contributed by atoms with E-state index < -0.39 is 29.7 Å². The number of carbonyl (C=O) groups excluding carboxylic acids is 2. The molecule has 5 nitrogen and oxygen atoms in total. The zero-order valence-electron chi connectivity index (χ0n) is 16.3. The molecule has 1 saturated carbocycles. The van der Waals surface area contributed by atoms with Crippen LogP contribution in [0.4, 0.5) is 13.2 Å². The molecule has 0 saturated heterocycles. The monoisotopic (exact) mass is 449 g/mol. The highest BCUT2D eigenvalue weighted by Crippen LogP contribution is 2.41. The van der Waals surface area contributed by atoms with E-state index in [0.717, 1.165) is 17.7 Å². The summed E-state index contributed by atoms with van der Waals surface area (Å²) in [4.78, 5) is 31.1. The van der Waals surface area contributed by atoms with Crippen LogP contribution in [0.25, 0.3) is 0 Å². The summed E-state index contributed by atoms with van der Waals surface area (Å²) in [6.45, 7) is 0. The predicted molar refractivity (Wildman–Crippen MR) is 110 cm³/mol. The normalized spacial score (nSPS) is 22.0. The van der Waals surface area contributed by atoms with E-state index in [1.807, 2.05) is 5.32 Å². The lowest BCUT2D eigenvalue weighted by Crippen LogP contribution is -2.64. The molecule has 2 aliphatic rings. The number of amides is 2. The number of alkyl halides is 3. The summed E-state index contributed by atoms with van der Waals surface area (Å²) < 4.78 is 43.2. The fourth-order valence-corrected chi connectivity index (χ4v) is 4.26. The van der Waals surface area contributed by atoms with Gasteiger partial charge in [-0.1, -0.05) is 66.9 Å². The van der Waals surface area contributed by atoms with E-state index in [4.69, 9.17) is 11.6 Å². The molecule has 0 bridgehead atoms. The van der Waals surface area contributed by atoms with Crippen LogP contribution in [0.1, 0.15) is 41.6 Å². The summed E-state index contributed by atoms with van der Waals surface area (Å²) in [5.74, 6) is -2.51. The summed E-state index contributed by atoms with van der Waals surface area (Å²) in [5, 5.41) is 1.84. The molecule has 1 N–H and O–H groups in total. The van der Waals surface area contributed by atoms with Crippen molar-refractivity contribution in [3.63, 3.8) is 0 Å². The highest BCUT2D eigenvalue weighted by Gasteiger charge is 2.68. The third-order valence-electron chi connectivity index (χ3n) is 5.58. The molecule has 2 aromatic rings. The molecule has 0 aromatic heterocycles. The number of hydrogen-bond donors (Lipinski definition) is 1. The van der Waals surface area contributed by atoms with Gasteiger partial charge in [0, 0.05) is 11.6 Å². The summed E-state index contributed by atoms with van der Waals surface area (Å²) in [6.07, 6.45) is -2.40. The molecule has 1 aliphatic carbocycles. The second kappa shape index (κ2) is 8.00. The topological polar surface area (TPSA) is 61.8 Å². The number of aliphatic imine (C=N–C) groups is 1. The first-order chi connectivity index (χ1) is 14.7. The molecule has 31 heavy (non-hydrogen) atoms. The average Bonchev–Trinajstić information content (AvgIpc) is 3.35. The van der Waals surface area contributed by atoms with Crippen LogP contribution in [0, 0.1) is 0 Å². The van der Waals surface area contributed by atoms with Crippen LogP contribution in [0.5, 0.6) is 0 Å². The van der Waals surface area contributed by atoms with Gasteiger partial charge in [-0.3, -0.25) is 14.5 Å². The lowest BCUT2D eigenvalue weighted by atomic mass is 10.1. The van der Waals surface area contributed by atoms with Crippen molar-refractivity contribution >= 4 is 29.3 Å². The first-order valence-electron chi connectivity index (χ1n) is 9.87. The largest absolute Gasteiger partial charge is 0.442 e. The zero-order chi connectivity index (χ0) is 22.2. The van der Waals surface area contributed by atoms with Crippen LogP contribution in [0.15, 0.2) is 59.6 Å². The number of carbonyl (C=O) groups is 2. The Morgan fingerprint density at radius 2 is 1.68 bits per heavy atom. The minimum absolute atomic E-state index is 0.0253. The minimum atomic E-state index is -5.16. The maximum atomic E-state index is 14.4. The van der Waals surface area contributed by atoms with E-state index in [1.165, 1.54) is 18.2 Å². The van der Waals surface area contributed by atoms with Gasteiger partial charge in [0.15, 0.2) is 0 Å². The number of benzene rings is 2. The quantitative estimate of drug-likeness (QED) is 0.743. The van der Waals surface area contributed by atoms with Gasteiger partial charge in [0.2, 0.25) is 0 Å². The number of rotatable bonds is 4. The van der Waals surface area contributed by atoms with Crippen LogP contribution in [0.3, 0.4) is 0 Å². The number of nitrogens with one attached hydrogen (secondary N) is 1. The minimum Gasteiger partial charge on any atom is -0.312 e. The van der Waals surface area contributed by atoms with Gasteiger partial charge in [0.05, 0.1) is 10.6 Å². The van der Waals surface area contributed by atoms with E-state index in [9.17, 15) is 22.8 Å². The zero-order valence-corrected chi connectivity index (χ0v) is 17.1. The first kappa shape index (κ1) is 21.4. The Bertz CT molecular complexity index is 1040. The summed E-state index contributed by atoms with van der Waals surface area (Å²) in [6, 6.07) is 13.5. The van der Waals surface area contributed by atoms with Crippen LogP contribution < -0.4 is 5.32 Å². The average molecular weight is 450 g/mol. The van der Waals surface area contributed by atoms with E-state index in [0.29, 0.717) is 18.4 Å². The number of amidine groups is 1. The standard InChI is InChI=1S/C22H19ClF3N3O2/c23-17-13-7-6-12-16(17)19(30)28-21(22(24,25)26)20(31)29(15-10-4-5-11-15)18(27-21)14-8-2-1-3-9-14/h1-3,6-9,12-13,15H,4-5,10-11H2,(H,28,30)/t21-/m1/s1. The lowest BCUT2D eigenvalue weighted by Gasteiger charge is -2.31. The van der Waals surface area contributed by atoms with Crippen LogP contribution >= 0.6 is 11.6 Å². The maximum Gasteiger partial charge on any atom is 0.442 e. The molecule has 2 aromatic carbocycles. The van der Waals surface area contributed by atoms with Crippen molar-refractivity contribution in [2.45, 2.75) is 43.6 Å². The Labute approximate surface area is 181 Å². The SMILES string of the molecule is O=C(N[C@]1(C(F)(F)F)N=C(c2ccccc2)N(C2CCCC2)C1=O)c1ccccc1Cl. The van der Waals surface area contributed by atoms with Crippen molar-refractivity contribution in [3.8, 4) is 0 Å². The van der Waals surface area contributed by atoms with Crippen molar-refractivity contribution in [1.82, 2.24) is 10.2 Å². The Morgan fingerprint density at radius 1 is 1.06 bits per heavy atom. The fraction of sp³-hybridized carbons (Fsp3) is 0.318. The van der Waals surface area contributed by atoms with Gasteiger partial charge in [-0.15, -0.1) is 0 Å². The Morgan fingerprint density at radius 3 is 2.29 bits per heavy atom.